The number of guanidine groups is 1. The molecule has 1 aromatic carbocycles. The summed E-state index contributed by atoms with van der Waals surface area (Å²) < 4.78 is 12.6. The smallest absolute Gasteiger partial charge is 0.191 e. The highest BCUT2D eigenvalue weighted by Gasteiger charge is 2.66. The Morgan fingerprint density at radius 2 is 1.90 bits per heavy atom. The maximum atomic E-state index is 6.54. The molecule has 3 aliphatic carbocycles. The molecule has 3 saturated carbocycles. The van der Waals surface area contributed by atoms with Gasteiger partial charge in [0.05, 0.1) is 12.1 Å². The summed E-state index contributed by atoms with van der Waals surface area (Å²) in [5, 5.41) is 7.64. The molecule has 5 heteroatoms. The fourth-order valence-electron chi connectivity index (χ4n) is 7.01. The molecular weight excluding hydrogens is 362 g/mol. The van der Waals surface area contributed by atoms with Gasteiger partial charge in [-0.05, 0) is 51.0 Å². The Morgan fingerprint density at radius 3 is 2.66 bits per heavy atom. The van der Waals surface area contributed by atoms with Gasteiger partial charge in [-0.2, -0.15) is 0 Å². The Kier molecular flexibility index (Phi) is 4.13. The SMILES string of the molecule is CN=C(NC1CC2(CCCC2)Oc2ccccc21)NC1C2CCOC2C12CCC2. The Bertz CT molecular complexity index is 812. The molecular formula is C24H33N3O2. The van der Waals surface area contributed by atoms with E-state index in [2.05, 4.69) is 39.9 Å². The van der Waals surface area contributed by atoms with Crippen LogP contribution in [0.4, 0.5) is 0 Å². The zero-order valence-electron chi connectivity index (χ0n) is 17.5. The van der Waals surface area contributed by atoms with Gasteiger partial charge in [0.25, 0.3) is 0 Å². The van der Waals surface area contributed by atoms with E-state index in [4.69, 9.17) is 9.47 Å². The Balaban J connectivity index is 1.22. The van der Waals surface area contributed by atoms with E-state index in [1.165, 1.54) is 56.9 Å². The number of rotatable bonds is 2. The largest absolute Gasteiger partial charge is 0.487 e. The van der Waals surface area contributed by atoms with Crippen molar-refractivity contribution in [2.24, 2.45) is 16.3 Å². The van der Waals surface area contributed by atoms with Crippen LogP contribution in [0.5, 0.6) is 5.75 Å². The predicted octanol–water partition coefficient (Wildman–Crippen LogP) is 3.95. The van der Waals surface area contributed by atoms with Gasteiger partial charge < -0.3 is 20.1 Å². The highest BCUT2D eigenvalue weighted by molar-refractivity contribution is 5.81. The second kappa shape index (κ2) is 6.63. The molecule has 4 unspecified atom stereocenters. The standard InChI is InChI=1S/C24H33N3O2/c1-25-22(27-20-17-9-14-28-21(17)24(20)12-6-13-24)26-18-15-23(10-4-5-11-23)29-19-8-3-2-7-16(18)19/h2-3,7-8,17-18,20-21H,4-6,9-15H2,1H3,(H2,25,26,27). The predicted molar refractivity (Wildman–Crippen MR) is 113 cm³/mol. The van der Waals surface area contributed by atoms with Crippen molar-refractivity contribution in [2.45, 2.75) is 81.6 Å². The number of para-hydroxylation sites is 1. The summed E-state index contributed by atoms with van der Waals surface area (Å²) in [7, 11) is 1.90. The van der Waals surface area contributed by atoms with Crippen molar-refractivity contribution in [3.05, 3.63) is 29.8 Å². The minimum Gasteiger partial charge on any atom is -0.487 e. The molecule has 0 amide bonds. The molecule has 5 aliphatic rings. The highest BCUT2D eigenvalue weighted by Crippen LogP contribution is 2.62. The molecule has 4 atom stereocenters. The van der Waals surface area contributed by atoms with Gasteiger partial charge in [0.1, 0.15) is 11.4 Å². The van der Waals surface area contributed by atoms with E-state index in [1.54, 1.807) is 0 Å². The lowest BCUT2D eigenvalue weighted by atomic mass is 9.46. The third-order valence-electron chi connectivity index (χ3n) is 8.57. The summed E-state index contributed by atoms with van der Waals surface area (Å²) in [5.41, 5.74) is 1.63. The number of nitrogens with one attached hydrogen (secondary N) is 2. The molecule has 0 radical (unpaired) electrons. The lowest BCUT2D eigenvalue weighted by Crippen LogP contribution is -2.72. The van der Waals surface area contributed by atoms with Crippen LogP contribution in [-0.4, -0.2) is 37.4 Å². The van der Waals surface area contributed by atoms with Crippen LogP contribution >= 0.6 is 0 Å². The first-order valence-corrected chi connectivity index (χ1v) is 11.6. The number of fused-ring (bicyclic) bond motifs is 3. The van der Waals surface area contributed by atoms with E-state index in [-0.39, 0.29) is 11.6 Å². The van der Waals surface area contributed by atoms with E-state index in [9.17, 15) is 0 Å². The molecule has 0 aromatic heterocycles. The zero-order chi connectivity index (χ0) is 19.5. The first-order chi connectivity index (χ1) is 14.2. The number of benzene rings is 1. The van der Waals surface area contributed by atoms with Gasteiger partial charge in [-0.25, -0.2) is 0 Å². The highest BCUT2D eigenvalue weighted by atomic mass is 16.5. The normalized spacial score (nSPS) is 36.0. The fourth-order valence-corrected chi connectivity index (χ4v) is 7.01. The summed E-state index contributed by atoms with van der Waals surface area (Å²) in [6.45, 7) is 0.928. The van der Waals surface area contributed by atoms with Crippen LogP contribution in [0.25, 0.3) is 0 Å². The average Bonchev–Trinajstić information content (AvgIpc) is 3.32. The van der Waals surface area contributed by atoms with Gasteiger partial charge in [0.15, 0.2) is 5.96 Å². The summed E-state index contributed by atoms with van der Waals surface area (Å²) in [6.07, 6.45) is 11.5. The van der Waals surface area contributed by atoms with Gasteiger partial charge in [-0.15, -0.1) is 0 Å². The quantitative estimate of drug-likeness (QED) is 0.588. The Morgan fingerprint density at radius 1 is 1.07 bits per heavy atom. The van der Waals surface area contributed by atoms with E-state index < -0.39 is 0 Å². The van der Waals surface area contributed by atoms with E-state index in [1.807, 2.05) is 7.05 Å². The van der Waals surface area contributed by atoms with Crippen molar-refractivity contribution in [3.63, 3.8) is 0 Å². The van der Waals surface area contributed by atoms with Gasteiger partial charge in [0.2, 0.25) is 0 Å². The average molecular weight is 396 g/mol. The van der Waals surface area contributed by atoms with Crippen LogP contribution in [0.3, 0.4) is 0 Å². The number of aliphatic imine (C=N–C) groups is 1. The number of hydrogen-bond donors (Lipinski definition) is 2. The molecule has 1 aromatic rings. The topological polar surface area (TPSA) is 54.9 Å². The van der Waals surface area contributed by atoms with Crippen LogP contribution in [-0.2, 0) is 4.74 Å². The van der Waals surface area contributed by atoms with E-state index >= 15 is 0 Å². The van der Waals surface area contributed by atoms with E-state index in [0.717, 1.165) is 24.7 Å². The molecule has 2 N–H and O–H groups in total. The van der Waals surface area contributed by atoms with Crippen LogP contribution in [0.2, 0.25) is 0 Å². The minimum absolute atomic E-state index is 0.000917. The second-order valence-electron chi connectivity index (χ2n) is 9.96. The summed E-state index contributed by atoms with van der Waals surface area (Å²) in [5.74, 6) is 2.65. The molecule has 156 valence electrons. The number of ether oxygens (including phenoxy) is 2. The van der Waals surface area contributed by atoms with Crippen molar-refractivity contribution in [1.82, 2.24) is 10.6 Å². The minimum atomic E-state index is 0.000917. The van der Waals surface area contributed by atoms with Gasteiger partial charge in [-0.3, -0.25) is 4.99 Å². The van der Waals surface area contributed by atoms with E-state index in [0.29, 0.717) is 23.5 Å². The zero-order valence-corrected chi connectivity index (χ0v) is 17.5. The third kappa shape index (κ3) is 2.66. The molecule has 2 heterocycles. The lowest BCUT2D eigenvalue weighted by molar-refractivity contribution is -0.171. The number of nitrogens with zero attached hydrogens (tertiary/aromatic N) is 1. The molecule has 5 nitrogen and oxygen atoms in total. The van der Waals surface area contributed by atoms with Crippen molar-refractivity contribution in [2.75, 3.05) is 13.7 Å². The third-order valence-corrected chi connectivity index (χ3v) is 8.57. The van der Waals surface area contributed by atoms with Gasteiger partial charge in [-0.1, -0.05) is 24.6 Å². The maximum Gasteiger partial charge on any atom is 0.191 e. The van der Waals surface area contributed by atoms with Gasteiger partial charge >= 0.3 is 0 Å². The second-order valence-corrected chi connectivity index (χ2v) is 9.96. The molecule has 1 saturated heterocycles. The molecule has 0 bridgehead atoms. The molecule has 6 rings (SSSR count). The summed E-state index contributed by atoms with van der Waals surface area (Å²) >= 11 is 0. The van der Waals surface area contributed by atoms with Crippen LogP contribution in [0.1, 0.15) is 69.4 Å². The molecule has 2 aliphatic heterocycles. The maximum absolute atomic E-state index is 6.54. The number of hydrogen-bond acceptors (Lipinski definition) is 3. The fraction of sp³-hybridized carbons (Fsp3) is 0.708. The van der Waals surface area contributed by atoms with Crippen LogP contribution in [0, 0.1) is 11.3 Å². The van der Waals surface area contributed by atoms with Crippen molar-refractivity contribution < 1.29 is 9.47 Å². The first kappa shape index (κ1) is 18.1. The van der Waals surface area contributed by atoms with Gasteiger partial charge in [0, 0.05) is 43.0 Å². The van der Waals surface area contributed by atoms with Crippen LogP contribution < -0.4 is 15.4 Å². The molecule has 4 fully saturated rings. The lowest BCUT2D eigenvalue weighted by Gasteiger charge is -2.63. The summed E-state index contributed by atoms with van der Waals surface area (Å²) in [6, 6.07) is 9.30. The summed E-state index contributed by atoms with van der Waals surface area (Å²) in [4.78, 5) is 4.64. The van der Waals surface area contributed by atoms with Crippen molar-refractivity contribution >= 4 is 5.96 Å². The van der Waals surface area contributed by atoms with Crippen molar-refractivity contribution in [3.8, 4) is 5.75 Å². The van der Waals surface area contributed by atoms with Crippen molar-refractivity contribution in [1.29, 1.82) is 0 Å². The first-order valence-electron chi connectivity index (χ1n) is 11.6. The van der Waals surface area contributed by atoms with Crippen LogP contribution in [0.15, 0.2) is 29.3 Å². The Hall–Kier alpha value is -1.75. The Labute approximate surface area is 173 Å². The monoisotopic (exact) mass is 395 g/mol. The molecule has 2 spiro atoms. The molecule has 29 heavy (non-hydrogen) atoms.